The second kappa shape index (κ2) is 10.4. The number of nitrogens with zero attached hydrogens (tertiary/aromatic N) is 4. The topological polar surface area (TPSA) is 83.9 Å². The smallest absolute Gasteiger partial charge is 0.302 e. The Morgan fingerprint density at radius 2 is 1.83 bits per heavy atom. The number of nitrogens with one attached hydrogen (secondary N) is 1. The molecule has 1 N–H and O–H groups in total. The predicted octanol–water partition coefficient (Wildman–Crippen LogP) is 3.83. The van der Waals surface area contributed by atoms with E-state index in [0.717, 1.165) is 49.4 Å². The monoisotopic (exact) mass is 543 g/mol. The van der Waals surface area contributed by atoms with Gasteiger partial charge in [-0.15, -0.1) is 24.8 Å². The van der Waals surface area contributed by atoms with Crippen LogP contribution in [-0.2, 0) is 18.1 Å². The van der Waals surface area contributed by atoms with Crippen molar-refractivity contribution < 1.29 is 13.2 Å². The van der Waals surface area contributed by atoms with Gasteiger partial charge in [-0.2, -0.15) is 18.3 Å². The van der Waals surface area contributed by atoms with E-state index in [2.05, 4.69) is 20.0 Å². The van der Waals surface area contributed by atoms with Gasteiger partial charge in [0.2, 0.25) is 0 Å². The largest absolute Gasteiger partial charge is 0.416 e. The van der Waals surface area contributed by atoms with Gasteiger partial charge in [0, 0.05) is 42.5 Å². The van der Waals surface area contributed by atoms with Gasteiger partial charge in [-0.05, 0) is 62.1 Å². The lowest BCUT2D eigenvalue weighted by Gasteiger charge is -2.21. The predicted molar refractivity (Wildman–Crippen MR) is 134 cm³/mol. The zero-order valence-electron chi connectivity index (χ0n) is 19.4. The van der Waals surface area contributed by atoms with Gasteiger partial charge in [0.1, 0.15) is 0 Å². The Bertz CT molecular complexity index is 1340. The molecule has 2 aliphatic rings. The highest BCUT2D eigenvalue weighted by molar-refractivity contribution is 5.85. The Morgan fingerprint density at radius 3 is 2.50 bits per heavy atom. The summed E-state index contributed by atoms with van der Waals surface area (Å²) < 4.78 is 39.9. The van der Waals surface area contributed by atoms with E-state index in [0.29, 0.717) is 24.4 Å². The lowest BCUT2D eigenvalue weighted by molar-refractivity contribution is -0.137. The first-order valence-corrected chi connectivity index (χ1v) is 11.2. The molecule has 1 aliphatic carbocycles. The molecule has 0 radical (unpaired) electrons. The van der Waals surface area contributed by atoms with Crippen molar-refractivity contribution in [2.45, 2.75) is 37.9 Å². The fourth-order valence-electron chi connectivity index (χ4n) is 5.10. The third kappa shape index (κ3) is 5.35. The average molecular weight is 544 g/mol. The van der Waals surface area contributed by atoms with Crippen molar-refractivity contribution >= 4 is 24.8 Å². The van der Waals surface area contributed by atoms with E-state index >= 15 is 0 Å². The number of benzene rings is 1. The molecule has 2 atom stereocenters. The molecule has 2 fully saturated rings. The van der Waals surface area contributed by atoms with Gasteiger partial charge in [-0.1, -0.05) is 12.1 Å². The van der Waals surface area contributed by atoms with Crippen molar-refractivity contribution in [1.82, 2.24) is 24.6 Å². The number of H-pyrrole nitrogens is 1. The molecule has 1 aromatic carbocycles. The fourth-order valence-corrected chi connectivity index (χ4v) is 5.10. The third-order valence-corrected chi connectivity index (χ3v) is 6.91. The minimum absolute atomic E-state index is 0. The number of pyridine rings is 1. The van der Waals surface area contributed by atoms with Crippen LogP contribution < -0.4 is 11.2 Å². The van der Waals surface area contributed by atoms with Gasteiger partial charge in [0.05, 0.1) is 5.56 Å². The molecule has 36 heavy (non-hydrogen) atoms. The summed E-state index contributed by atoms with van der Waals surface area (Å²) in [5, 5.41) is 4.28. The van der Waals surface area contributed by atoms with E-state index in [4.69, 9.17) is 0 Å². The SMILES string of the molecule is Cc1cc(-c2nn(CCCN3C[C@@H]4C[C@]4(c4ccc(C(F)(F)F)cc4)C3)c(=O)[nH]c2=O)ccn1.Cl.Cl. The summed E-state index contributed by atoms with van der Waals surface area (Å²) in [6.45, 7) is 4.57. The highest BCUT2D eigenvalue weighted by atomic mass is 35.5. The van der Waals surface area contributed by atoms with Crippen LogP contribution in [0, 0.1) is 12.8 Å². The number of rotatable bonds is 6. The van der Waals surface area contributed by atoms with Crippen LogP contribution in [0.1, 0.15) is 29.7 Å². The van der Waals surface area contributed by atoms with Crippen molar-refractivity contribution in [2.24, 2.45) is 5.92 Å². The number of hydrogen-bond donors (Lipinski definition) is 1. The third-order valence-electron chi connectivity index (χ3n) is 6.91. The van der Waals surface area contributed by atoms with Crippen molar-refractivity contribution in [1.29, 1.82) is 0 Å². The number of hydrogen-bond acceptors (Lipinski definition) is 5. The van der Waals surface area contributed by atoms with Gasteiger partial charge >= 0.3 is 11.9 Å². The molecule has 194 valence electrons. The molecule has 1 aliphatic heterocycles. The molecular weight excluding hydrogens is 518 g/mol. The standard InChI is InChI=1S/C24H24F3N5O2.2ClH/c1-15-11-16(7-8-28-15)20-21(33)29-22(34)32(30-20)10-2-9-31-13-19-12-23(19,14-31)17-3-5-18(6-4-17)24(25,26)27;;/h3-8,11,19H,2,9-10,12-14H2,1H3,(H,29,33,34);2*1H/t19-,23+;;/m0../s1. The highest BCUT2D eigenvalue weighted by Crippen LogP contribution is 2.59. The molecule has 5 rings (SSSR count). The number of piperidine rings is 1. The Morgan fingerprint density at radius 1 is 1.11 bits per heavy atom. The molecule has 0 amide bonds. The van der Waals surface area contributed by atoms with E-state index < -0.39 is 23.0 Å². The van der Waals surface area contributed by atoms with Crippen molar-refractivity contribution in [2.75, 3.05) is 19.6 Å². The van der Waals surface area contributed by atoms with E-state index in [-0.39, 0.29) is 35.9 Å². The van der Waals surface area contributed by atoms with Crippen molar-refractivity contribution in [3.63, 3.8) is 0 Å². The number of likely N-dealkylation sites (tertiary alicyclic amines) is 1. The van der Waals surface area contributed by atoms with Crippen LogP contribution in [0.3, 0.4) is 0 Å². The summed E-state index contributed by atoms with van der Waals surface area (Å²) in [7, 11) is 0. The molecule has 3 aromatic rings. The number of aromatic amines is 1. The number of aryl methyl sites for hydroxylation is 2. The molecule has 12 heteroatoms. The summed E-state index contributed by atoms with van der Waals surface area (Å²) in [5.41, 5.74) is 0.697. The summed E-state index contributed by atoms with van der Waals surface area (Å²) >= 11 is 0. The first-order valence-electron chi connectivity index (χ1n) is 11.2. The maximum Gasteiger partial charge on any atom is 0.416 e. The summed E-state index contributed by atoms with van der Waals surface area (Å²) in [4.78, 5) is 33.2. The summed E-state index contributed by atoms with van der Waals surface area (Å²) in [5.74, 6) is 0.444. The van der Waals surface area contributed by atoms with Gasteiger partial charge in [0.15, 0.2) is 5.69 Å². The van der Waals surface area contributed by atoms with Crippen LogP contribution >= 0.6 is 24.8 Å². The van der Waals surface area contributed by atoms with Crippen molar-refractivity contribution in [3.8, 4) is 11.3 Å². The minimum Gasteiger partial charge on any atom is -0.302 e. The van der Waals surface area contributed by atoms with Crippen LogP contribution in [-0.4, -0.2) is 44.3 Å². The first kappa shape index (κ1) is 27.9. The number of aromatic nitrogens is 4. The van der Waals surface area contributed by atoms with E-state index in [1.165, 1.54) is 4.68 Å². The summed E-state index contributed by atoms with van der Waals surface area (Å²) in [6, 6.07) is 8.97. The lowest BCUT2D eigenvalue weighted by Crippen LogP contribution is -2.35. The fraction of sp³-hybridized carbons (Fsp3) is 0.417. The van der Waals surface area contributed by atoms with Crippen LogP contribution in [0.15, 0.2) is 52.2 Å². The molecule has 7 nitrogen and oxygen atoms in total. The Kier molecular flexibility index (Phi) is 8.02. The minimum atomic E-state index is -4.33. The molecule has 1 saturated heterocycles. The first-order chi connectivity index (χ1) is 16.2. The zero-order valence-corrected chi connectivity index (χ0v) is 21.1. The quantitative estimate of drug-likeness (QED) is 0.510. The summed E-state index contributed by atoms with van der Waals surface area (Å²) in [6.07, 6.45) is -1.09. The number of alkyl halides is 3. The van der Waals surface area contributed by atoms with Gasteiger partial charge in [0.25, 0.3) is 5.56 Å². The Hall–Kier alpha value is -2.69. The highest BCUT2D eigenvalue weighted by Gasteiger charge is 2.60. The normalized spacial score (nSPS) is 20.8. The lowest BCUT2D eigenvalue weighted by atomic mass is 9.94. The van der Waals surface area contributed by atoms with E-state index in [1.54, 1.807) is 30.5 Å². The number of halogens is 5. The Balaban J connectivity index is 0.00000180. The second-order valence-electron chi connectivity index (χ2n) is 9.24. The van der Waals surface area contributed by atoms with Crippen molar-refractivity contribution in [3.05, 3.63) is 80.3 Å². The molecular formula is C24H26Cl2F3N5O2. The van der Waals surface area contributed by atoms with Gasteiger partial charge < -0.3 is 4.90 Å². The van der Waals surface area contributed by atoms with Gasteiger partial charge in [-0.3, -0.25) is 14.8 Å². The van der Waals surface area contributed by atoms with E-state index in [1.807, 2.05) is 6.92 Å². The van der Waals surface area contributed by atoms with E-state index in [9.17, 15) is 22.8 Å². The molecule has 3 heterocycles. The van der Waals surface area contributed by atoms with Crippen LogP contribution in [0.5, 0.6) is 0 Å². The Labute approximate surface area is 217 Å². The molecule has 1 saturated carbocycles. The zero-order chi connectivity index (χ0) is 24.1. The molecule has 0 spiro atoms. The molecule has 0 bridgehead atoms. The number of fused-ring (bicyclic) bond motifs is 1. The maximum atomic E-state index is 12.9. The molecule has 0 unspecified atom stereocenters. The second-order valence-corrected chi connectivity index (χ2v) is 9.24. The van der Waals surface area contributed by atoms with Gasteiger partial charge in [-0.25, -0.2) is 9.48 Å². The van der Waals surface area contributed by atoms with Crippen LogP contribution in [0.4, 0.5) is 13.2 Å². The average Bonchev–Trinajstić information content (AvgIpc) is 3.36. The maximum absolute atomic E-state index is 12.9. The molecule has 2 aromatic heterocycles. The van der Waals surface area contributed by atoms with Crippen LogP contribution in [0.25, 0.3) is 11.3 Å². The van der Waals surface area contributed by atoms with Crippen LogP contribution in [0.2, 0.25) is 0 Å².